The molecule has 0 atom stereocenters. The van der Waals surface area contributed by atoms with Crippen molar-refractivity contribution in [3.05, 3.63) is 12.2 Å². The average Bonchev–Trinajstić information content (AvgIpc) is 2.19. The van der Waals surface area contributed by atoms with E-state index in [1.807, 2.05) is 11.0 Å². The van der Waals surface area contributed by atoms with Gasteiger partial charge in [-0.3, -0.25) is 4.79 Å². The maximum atomic E-state index is 11.5. The fraction of sp³-hybridized carbons (Fsp3) is 0.727. The van der Waals surface area contributed by atoms with Gasteiger partial charge >= 0.3 is 0 Å². The Morgan fingerprint density at radius 2 is 1.92 bits per heavy atom. The van der Waals surface area contributed by atoms with Crippen molar-refractivity contribution in [3.8, 4) is 0 Å². The van der Waals surface area contributed by atoms with Crippen LogP contribution in [0.15, 0.2) is 12.2 Å². The summed E-state index contributed by atoms with van der Waals surface area (Å²) in [6.45, 7) is 4.03. The summed E-state index contributed by atoms with van der Waals surface area (Å²) in [6, 6.07) is 0. The standard InChI is InChI=1S/C11H19NO/c1-2-3-5-8-11(13)12-9-6-4-7-10-12/h3,5H,2,4,6-10H2,1H3/b5-3+. The molecular formula is C11H19NO. The van der Waals surface area contributed by atoms with Gasteiger partial charge in [0.05, 0.1) is 0 Å². The molecule has 74 valence electrons. The molecule has 2 nitrogen and oxygen atoms in total. The van der Waals surface area contributed by atoms with E-state index in [1.54, 1.807) is 0 Å². The van der Waals surface area contributed by atoms with Crippen LogP contribution in [0.4, 0.5) is 0 Å². The van der Waals surface area contributed by atoms with Crippen LogP contribution in [0.5, 0.6) is 0 Å². The molecule has 0 saturated carbocycles. The van der Waals surface area contributed by atoms with Crippen LogP contribution in [0.1, 0.15) is 39.0 Å². The number of piperidine rings is 1. The second-order valence-electron chi connectivity index (χ2n) is 3.53. The van der Waals surface area contributed by atoms with Crippen molar-refractivity contribution in [1.29, 1.82) is 0 Å². The number of allylic oxidation sites excluding steroid dienone is 1. The van der Waals surface area contributed by atoms with Crippen LogP contribution in [-0.2, 0) is 4.79 Å². The first-order chi connectivity index (χ1) is 6.34. The molecule has 1 saturated heterocycles. The summed E-state index contributed by atoms with van der Waals surface area (Å²) in [5.41, 5.74) is 0. The summed E-state index contributed by atoms with van der Waals surface area (Å²) in [5, 5.41) is 0. The largest absolute Gasteiger partial charge is 0.342 e. The highest BCUT2D eigenvalue weighted by Crippen LogP contribution is 2.09. The number of amides is 1. The molecule has 1 aliphatic heterocycles. The van der Waals surface area contributed by atoms with Gasteiger partial charge in [0.15, 0.2) is 0 Å². The molecule has 1 rings (SSSR count). The number of hydrogen-bond acceptors (Lipinski definition) is 1. The molecule has 13 heavy (non-hydrogen) atoms. The molecular weight excluding hydrogens is 162 g/mol. The maximum Gasteiger partial charge on any atom is 0.226 e. The van der Waals surface area contributed by atoms with Crippen LogP contribution in [0, 0.1) is 0 Å². The van der Waals surface area contributed by atoms with Gasteiger partial charge in [0, 0.05) is 19.5 Å². The Kier molecular flexibility index (Phi) is 4.58. The topological polar surface area (TPSA) is 20.3 Å². The van der Waals surface area contributed by atoms with Gasteiger partial charge in [0.25, 0.3) is 0 Å². The van der Waals surface area contributed by atoms with E-state index in [2.05, 4.69) is 13.0 Å². The normalized spacial score (nSPS) is 18.1. The molecule has 1 aliphatic rings. The summed E-state index contributed by atoms with van der Waals surface area (Å²) in [6.07, 6.45) is 9.31. The van der Waals surface area contributed by atoms with Gasteiger partial charge < -0.3 is 4.90 Å². The summed E-state index contributed by atoms with van der Waals surface area (Å²) in [7, 11) is 0. The van der Waals surface area contributed by atoms with Crippen LogP contribution in [0.2, 0.25) is 0 Å². The molecule has 0 radical (unpaired) electrons. The maximum absolute atomic E-state index is 11.5. The number of likely N-dealkylation sites (tertiary alicyclic amines) is 1. The molecule has 1 amide bonds. The number of nitrogens with zero attached hydrogens (tertiary/aromatic N) is 1. The first-order valence-corrected chi connectivity index (χ1v) is 5.27. The van der Waals surface area contributed by atoms with Crippen molar-refractivity contribution in [1.82, 2.24) is 4.90 Å². The highest BCUT2D eigenvalue weighted by Gasteiger charge is 2.14. The lowest BCUT2D eigenvalue weighted by Gasteiger charge is -2.26. The summed E-state index contributed by atoms with van der Waals surface area (Å²) in [4.78, 5) is 13.5. The smallest absolute Gasteiger partial charge is 0.226 e. The predicted molar refractivity (Wildman–Crippen MR) is 54.5 cm³/mol. The number of carbonyl (C=O) groups excluding carboxylic acids is 1. The Morgan fingerprint density at radius 3 is 2.54 bits per heavy atom. The van der Waals surface area contributed by atoms with Crippen molar-refractivity contribution >= 4 is 5.91 Å². The summed E-state index contributed by atoms with van der Waals surface area (Å²) in [5.74, 6) is 0.296. The van der Waals surface area contributed by atoms with Gasteiger partial charge in [0.1, 0.15) is 0 Å². The van der Waals surface area contributed by atoms with Crippen LogP contribution in [-0.4, -0.2) is 23.9 Å². The zero-order valence-electron chi connectivity index (χ0n) is 8.46. The molecule has 0 N–H and O–H groups in total. The van der Waals surface area contributed by atoms with Gasteiger partial charge in [-0.2, -0.15) is 0 Å². The Labute approximate surface area is 80.6 Å². The molecule has 1 heterocycles. The van der Waals surface area contributed by atoms with Crippen LogP contribution in [0.25, 0.3) is 0 Å². The lowest BCUT2D eigenvalue weighted by molar-refractivity contribution is -0.131. The molecule has 0 aromatic heterocycles. The molecule has 0 aromatic carbocycles. The first-order valence-electron chi connectivity index (χ1n) is 5.27. The zero-order valence-corrected chi connectivity index (χ0v) is 8.46. The third kappa shape index (κ3) is 3.62. The third-order valence-corrected chi connectivity index (χ3v) is 2.40. The Bertz CT molecular complexity index is 181. The Hall–Kier alpha value is -0.790. The van der Waals surface area contributed by atoms with Crippen molar-refractivity contribution in [3.63, 3.8) is 0 Å². The second kappa shape index (κ2) is 5.79. The van der Waals surface area contributed by atoms with E-state index < -0.39 is 0 Å². The van der Waals surface area contributed by atoms with Gasteiger partial charge in [0.2, 0.25) is 5.91 Å². The van der Waals surface area contributed by atoms with E-state index in [0.717, 1.165) is 19.5 Å². The summed E-state index contributed by atoms with van der Waals surface area (Å²) >= 11 is 0. The van der Waals surface area contributed by atoms with Gasteiger partial charge in [-0.05, 0) is 25.7 Å². The minimum Gasteiger partial charge on any atom is -0.342 e. The fourth-order valence-electron chi connectivity index (χ4n) is 1.62. The molecule has 2 heteroatoms. The van der Waals surface area contributed by atoms with E-state index in [9.17, 15) is 4.79 Å². The van der Waals surface area contributed by atoms with Crippen molar-refractivity contribution in [2.75, 3.05) is 13.1 Å². The molecule has 0 aliphatic carbocycles. The van der Waals surface area contributed by atoms with Gasteiger partial charge in [-0.25, -0.2) is 0 Å². The number of carbonyl (C=O) groups is 1. The highest BCUT2D eigenvalue weighted by atomic mass is 16.2. The average molecular weight is 181 g/mol. The van der Waals surface area contributed by atoms with Gasteiger partial charge in [-0.15, -0.1) is 0 Å². The fourth-order valence-corrected chi connectivity index (χ4v) is 1.62. The van der Waals surface area contributed by atoms with Crippen LogP contribution >= 0.6 is 0 Å². The van der Waals surface area contributed by atoms with E-state index in [1.165, 1.54) is 19.3 Å². The van der Waals surface area contributed by atoms with Crippen molar-refractivity contribution < 1.29 is 4.79 Å². The third-order valence-electron chi connectivity index (χ3n) is 2.40. The van der Waals surface area contributed by atoms with Crippen molar-refractivity contribution in [2.45, 2.75) is 39.0 Å². The number of hydrogen-bond donors (Lipinski definition) is 0. The molecule has 0 spiro atoms. The van der Waals surface area contributed by atoms with E-state index in [0.29, 0.717) is 12.3 Å². The first kappa shape index (κ1) is 10.3. The molecule has 0 bridgehead atoms. The van der Waals surface area contributed by atoms with Crippen LogP contribution < -0.4 is 0 Å². The molecule has 1 fully saturated rings. The summed E-state index contributed by atoms with van der Waals surface area (Å²) < 4.78 is 0. The Morgan fingerprint density at radius 1 is 1.23 bits per heavy atom. The quantitative estimate of drug-likeness (QED) is 0.612. The predicted octanol–water partition coefficient (Wildman–Crippen LogP) is 2.36. The van der Waals surface area contributed by atoms with E-state index >= 15 is 0 Å². The lowest BCUT2D eigenvalue weighted by atomic mass is 10.1. The Balaban J connectivity index is 2.25. The minimum atomic E-state index is 0.296. The monoisotopic (exact) mass is 181 g/mol. The second-order valence-corrected chi connectivity index (χ2v) is 3.53. The molecule has 0 aromatic rings. The number of rotatable bonds is 3. The van der Waals surface area contributed by atoms with E-state index in [4.69, 9.17) is 0 Å². The highest BCUT2D eigenvalue weighted by molar-refractivity contribution is 5.77. The van der Waals surface area contributed by atoms with E-state index in [-0.39, 0.29) is 0 Å². The minimum absolute atomic E-state index is 0.296. The van der Waals surface area contributed by atoms with Crippen LogP contribution in [0.3, 0.4) is 0 Å². The lowest BCUT2D eigenvalue weighted by Crippen LogP contribution is -2.35. The molecule has 0 unspecified atom stereocenters. The van der Waals surface area contributed by atoms with Gasteiger partial charge in [-0.1, -0.05) is 19.1 Å². The zero-order chi connectivity index (χ0) is 9.52. The van der Waals surface area contributed by atoms with Crippen molar-refractivity contribution in [2.24, 2.45) is 0 Å². The SMILES string of the molecule is CC/C=C/CC(=O)N1CCCCC1.